The molecule has 0 bridgehead atoms. The quantitative estimate of drug-likeness (QED) is 0.645. The Morgan fingerprint density at radius 2 is 1.76 bits per heavy atom. The largest absolute Gasteiger partial charge is 0.308 e. The van der Waals surface area contributed by atoms with Gasteiger partial charge >= 0.3 is 0 Å². The van der Waals surface area contributed by atoms with Crippen LogP contribution in [0.15, 0.2) is 42.5 Å². The van der Waals surface area contributed by atoms with Gasteiger partial charge < -0.3 is 5.32 Å². The van der Waals surface area contributed by atoms with Crippen molar-refractivity contribution in [3.05, 3.63) is 74.3 Å². The second kappa shape index (κ2) is 7.20. The maximum atomic E-state index is 11.0. The lowest BCUT2D eigenvalue weighted by atomic mass is 10.1. The Bertz CT molecular complexity index is 644. The second-order valence-electron chi connectivity index (χ2n) is 4.76. The maximum Gasteiger partial charge on any atom is 0.275 e. The van der Waals surface area contributed by atoms with Crippen molar-refractivity contribution in [3.63, 3.8) is 0 Å². The molecule has 0 amide bonds. The molecule has 5 heteroatoms. The van der Waals surface area contributed by atoms with Gasteiger partial charge in [-0.25, -0.2) is 0 Å². The molecule has 0 aliphatic carbocycles. The van der Waals surface area contributed by atoms with Crippen LogP contribution in [0.2, 0.25) is 5.02 Å². The molecule has 0 unspecified atom stereocenters. The van der Waals surface area contributed by atoms with Gasteiger partial charge in [0.2, 0.25) is 0 Å². The summed E-state index contributed by atoms with van der Waals surface area (Å²) < 4.78 is 0. The Hall–Kier alpha value is -1.91. The first-order chi connectivity index (χ1) is 10.1. The highest BCUT2D eigenvalue weighted by Gasteiger charge is 2.13. The number of nitro groups is 1. The third kappa shape index (κ3) is 4.03. The molecule has 2 aromatic carbocycles. The van der Waals surface area contributed by atoms with Gasteiger partial charge in [0.25, 0.3) is 5.69 Å². The summed E-state index contributed by atoms with van der Waals surface area (Å²) in [6.07, 6.45) is 0.971. The summed E-state index contributed by atoms with van der Waals surface area (Å²) in [4.78, 5) is 10.6. The molecule has 4 nitrogen and oxygen atoms in total. The first-order valence-corrected chi connectivity index (χ1v) is 7.20. The van der Waals surface area contributed by atoms with Crippen LogP contribution in [-0.2, 0) is 19.5 Å². The topological polar surface area (TPSA) is 55.2 Å². The van der Waals surface area contributed by atoms with Gasteiger partial charge in [-0.15, -0.1) is 0 Å². The summed E-state index contributed by atoms with van der Waals surface area (Å²) in [6, 6.07) is 12.9. The molecule has 21 heavy (non-hydrogen) atoms. The molecule has 0 saturated carbocycles. The van der Waals surface area contributed by atoms with Crippen LogP contribution in [0.4, 0.5) is 5.69 Å². The predicted octanol–water partition coefficient (Wildman–Crippen LogP) is 4.10. The number of benzene rings is 2. The zero-order chi connectivity index (χ0) is 15.2. The number of aryl methyl sites for hydroxylation is 1. The lowest BCUT2D eigenvalue weighted by Gasteiger charge is -2.09. The third-order valence-electron chi connectivity index (χ3n) is 3.37. The molecule has 2 rings (SSSR count). The van der Waals surface area contributed by atoms with E-state index < -0.39 is 4.92 Å². The molecule has 0 aliphatic rings. The van der Waals surface area contributed by atoms with Crippen molar-refractivity contribution >= 4 is 17.3 Å². The first kappa shape index (κ1) is 15.5. The molecule has 110 valence electrons. The highest BCUT2D eigenvalue weighted by atomic mass is 35.5. The molecule has 0 heterocycles. The molecule has 0 atom stereocenters. The fourth-order valence-electron chi connectivity index (χ4n) is 2.26. The Balaban J connectivity index is 2.05. The average Bonchev–Trinajstić information content (AvgIpc) is 2.49. The molecule has 2 aromatic rings. The van der Waals surface area contributed by atoms with Gasteiger partial charge in [-0.05, 0) is 29.7 Å². The van der Waals surface area contributed by atoms with Gasteiger partial charge in [-0.3, -0.25) is 10.1 Å². The Morgan fingerprint density at radius 1 is 1.10 bits per heavy atom. The minimum atomic E-state index is -0.400. The highest BCUT2D eigenvalue weighted by Crippen LogP contribution is 2.23. The van der Waals surface area contributed by atoms with Crippen LogP contribution in [0.1, 0.15) is 23.6 Å². The van der Waals surface area contributed by atoms with Crippen LogP contribution in [-0.4, -0.2) is 4.92 Å². The standard InChI is InChI=1S/C16H17ClN2O2/c1-2-12-5-3-4-6-13(12)10-18-11-14-7-8-15(17)9-16(14)19(20)21/h3-9,18H,2,10-11H2,1H3. The predicted molar refractivity (Wildman–Crippen MR) is 84.5 cm³/mol. The molecule has 0 aromatic heterocycles. The van der Waals surface area contributed by atoms with Crippen molar-refractivity contribution < 1.29 is 4.92 Å². The number of hydrogen-bond acceptors (Lipinski definition) is 3. The number of nitrogens with one attached hydrogen (secondary N) is 1. The van der Waals surface area contributed by atoms with E-state index in [1.54, 1.807) is 12.1 Å². The molecule has 0 radical (unpaired) electrons. The summed E-state index contributed by atoms with van der Waals surface area (Å²) in [7, 11) is 0. The van der Waals surface area contributed by atoms with Gasteiger partial charge in [0.1, 0.15) is 0 Å². The summed E-state index contributed by atoms with van der Waals surface area (Å²) >= 11 is 5.81. The van der Waals surface area contributed by atoms with Crippen molar-refractivity contribution in [2.75, 3.05) is 0 Å². The number of nitro benzene ring substituents is 1. The van der Waals surface area contributed by atoms with Gasteiger partial charge in [0.05, 0.1) is 4.92 Å². The van der Waals surface area contributed by atoms with Crippen LogP contribution in [0.25, 0.3) is 0 Å². The third-order valence-corrected chi connectivity index (χ3v) is 3.61. The lowest BCUT2D eigenvalue weighted by Crippen LogP contribution is -2.15. The van der Waals surface area contributed by atoms with E-state index >= 15 is 0 Å². The molecule has 0 aliphatic heterocycles. The number of halogens is 1. The monoisotopic (exact) mass is 304 g/mol. The average molecular weight is 305 g/mol. The number of nitrogens with zero attached hydrogens (tertiary/aromatic N) is 1. The van der Waals surface area contributed by atoms with Crippen molar-refractivity contribution in [2.45, 2.75) is 26.4 Å². The molecule has 0 saturated heterocycles. The summed E-state index contributed by atoms with van der Waals surface area (Å²) in [5.74, 6) is 0. The van der Waals surface area contributed by atoms with Gasteiger partial charge in [0.15, 0.2) is 0 Å². The van der Waals surface area contributed by atoms with Crippen molar-refractivity contribution in [1.29, 1.82) is 0 Å². The van der Waals surface area contributed by atoms with Gasteiger partial charge in [-0.1, -0.05) is 42.8 Å². The Labute approximate surface area is 128 Å². The van der Waals surface area contributed by atoms with E-state index in [-0.39, 0.29) is 5.69 Å². The smallest absolute Gasteiger partial charge is 0.275 e. The van der Waals surface area contributed by atoms with E-state index in [9.17, 15) is 10.1 Å². The summed E-state index contributed by atoms with van der Waals surface area (Å²) in [6.45, 7) is 3.23. The Kier molecular flexibility index (Phi) is 5.31. The van der Waals surface area contributed by atoms with Crippen LogP contribution >= 0.6 is 11.6 Å². The fourth-order valence-corrected chi connectivity index (χ4v) is 2.43. The van der Waals surface area contributed by atoms with E-state index in [0.29, 0.717) is 23.7 Å². The molecule has 0 fully saturated rings. The van der Waals surface area contributed by atoms with E-state index in [4.69, 9.17) is 11.6 Å². The maximum absolute atomic E-state index is 11.0. The summed E-state index contributed by atoms with van der Waals surface area (Å²) in [5.41, 5.74) is 3.20. The molecule has 0 spiro atoms. The lowest BCUT2D eigenvalue weighted by molar-refractivity contribution is -0.385. The van der Waals surface area contributed by atoms with E-state index in [0.717, 1.165) is 6.42 Å². The second-order valence-corrected chi connectivity index (χ2v) is 5.19. The van der Waals surface area contributed by atoms with Crippen LogP contribution in [0, 0.1) is 10.1 Å². The molecular weight excluding hydrogens is 288 g/mol. The fraction of sp³-hybridized carbons (Fsp3) is 0.250. The van der Waals surface area contributed by atoms with Crippen molar-refractivity contribution in [3.8, 4) is 0 Å². The highest BCUT2D eigenvalue weighted by molar-refractivity contribution is 6.30. The van der Waals surface area contributed by atoms with Crippen LogP contribution < -0.4 is 5.32 Å². The number of hydrogen-bond donors (Lipinski definition) is 1. The van der Waals surface area contributed by atoms with Gasteiger partial charge in [0, 0.05) is 29.7 Å². The molecule has 1 N–H and O–H groups in total. The Morgan fingerprint density at radius 3 is 2.43 bits per heavy atom. The van der Waals surface area contributed by atoms with Crippen LogP contribution in [0.3, 0.4) is 0 Å². The zero-order valence-corrected chi connectivity index (χ0v) is 12.6. The number of rotatable bonds is 6. The normalized spacial score (nSPS) is 10.6. The van der Waals surface area contributed by atoms with Crippen LogP contribution in [0.5, 0.6) is 0 Å². The molecular formula is C16H17ClN2O2. The van der Waals surface area contributed by atoms with Gasteiger partial charge in [-0.2, -0.15) is 0 Å². The van der Waals surface area contributed by atoms with Crippen molar-refractivity contribution in [1.82, 2.24) is 5.32 Å². The van der Waals surface area contributed by atoms with Crippen molar-refractivity contribution in [2.24, 2.45) is 0 Å². The van der Waals surface area contributed by atoms with E-state index in [1.807, 2.05) is 12.1 Å². The first-order valence-electron chi connectivity index (χ1n) is 6.82. The SMILES string of the molecule is CCc1ccccc1CNCc1ccc(Cl)cc1[N+](=O)[O-]. The minimum absolute atomic E-state index is 0.0544. The van der Waals surface area contributed by atoms with E-state index in [1.165, 1.54) is 17.2 Å². The van der Waals surface area contributed by atoms with E-state index in [2.05, 4.69) is 24.4 Å². The zero-order valence-electron chi connectivity index (χ0n) is 11.8. The summed E-state index contributed by atoms with van der Waals surface area (Å²) in [5, 5.41) is 14.7. The minimum Gasteiger partial charge on any atom is -0.308 e.